The van der Waals surface area contributed by atoms with Crippen LogP contribution in [-0.4, -0.2) is 10.2 Å². The summed E-state index contributed by atoms with van der Waals surface area (Å²) < 4.78 is 0. The summed E-state index contributed by atoms with van der Waals surface area (Å²) in [6, 6.07) is 5.68. The quantitative estimate of drug-likeness (QED) is 0.530. The molecule has 0 saturated heterocycles. The smallest absolute Gasteiger partial charge is 1.00 e. The van der Waals surface area contributed by atoms with Crippen LogP contribution in [0.15, 0.2) is 24.4 Å². The maximum Gasteiger partial charge on any atom is 1.00 e. The minimum absolute atomic E-state index is 0. The monoisotopic (exact) mass is 176 g/mol. The van der Waals surface area contributed by atoms with Crippen molar-refractivity contribution in [3.05, 3.63) is 29.4 Å². The average Bonchev–Trinajstić information content (AvgIpc) is 2.36. The number of aromatic nitrogens is 2. The summed E-state index contributed by atoms with van der Waals surface area (Å²) in [4.78, 5) is 0. The Bertz CT molecular complexity index is 363. The third-order valence-electron chi connectivity index (χ3n) is 1.43. The fourth-order valence-corrected chi connectivity index (χ4v) is 1.16. The molecule has 0 atom stereocenters. The van der Waals surface area contributed by atoms with Gasteiger partial charge in [0.2, 0.25) is 0 Å². The Kier molecular flexibility index (Phi) is 2.96. The van der Waals surface area contributed by atoms with Crippen molar-refractivity contribution in [3.8, 4) is 0 Å². The molecule has 11 heavy (non-hydrogen) atoms. The van der Waals surface area contributed by atoms with Crippen LogP contribution in [0.3, 0.4) is 0 Å². The van der Waals surface area contributed by atoms with E-state index >= 15 is 0 Å². The van der Waals surface area contributed by atoms with Crippen molar-refractivity contribution in [1.82, 2.24) is 10.2 Å². The van der Waals surface area contributed by atoms with E-state index in [1.807, 2.05) is 18.2 Å². The van der Waals surface area contributed by atoms with Crippen molar-refractivity contribution in [3.63, 3.8) is 0 Å². The van der Waals surface area contributed by atoms with Gasteiger partial charge in [0.15, 0.2) is 0 Å². The predicted molar refractivity (Wildman–Crippen MR) is 42.2 cm³/mol. The summed E-state index contributed by atoms with van der Waals surface area (Å²) in [7, 11) is 0. The Balaban J connectivity index is 0.000000605. The molecular formula is C7H6ClN2Na. The zero-order valence-corrected chi connectivity index (χ0v) is 8.89. The number of aromatic amines is 1. The van der Waals surface area contributed by atoms with Gasteiger partial charge in [-0.1, -0.05) is 17.7 Å². The predicted octanol–water partition coefficient (Wildman–Crippen LogP) is -0.667. The van der Waals surface area contributed by atoms with Crippen LogP contribution < -0.4 is 29.6 Å². The van der Waals surface area contributed by atoms with Crippen LogP contribution in [0, 0.1) is 0 Å². The molecule has 0 aliphatic carbocycles. The molecular weight excluding hydrogens is 171 g/mol. The topological polar surface area (TPSA) is 28.7 Å². The second-order valence-electron chi connectivity index (χ2n) is 2.07. The maximum atomic E-state index is 5.84. The molecule has 0 amide bonds. The number of nitrogens with one attached hydrogen (secondary N) is 1. The van der Waals surface area contributed by atoms with Crippen LogP contribution in [0.25, 0.3) is 10.9 Å². The summed E-state index contributed by atoms with van der Waals surface area (Å²) in [6.45, 7) is 0. The van der Waals surface area contributed by atoms with Crippen molar-refractivity contribution in [2.24, 2.45) is 0 Å². The third kappa shape index (κ3) is 1.59. The molecule has 2 rings (SSSR count). The van der Waals surface area contributed by atoms with Gasteiger partial charge >= 0.3 is 29.6 Å². The number of rotatable bonds is 0. The molecule has 1 aromatic heterocycles. The van der Waals surface area contributed by atoms with E-state index in [0.717, 1.165) is 15.9 Å². The van der Waals surface area contributed by atoms with E-state index in [0.29, 0.717) is 0 Å². The molecule has 0 unspecified atom stereocenters. The van der Waals surface area contributed by atoms with E-state index in [1.165, 1.54) is 0 Å². The zero-order valence-electron chi connectivity index (χ0n) is 7.13. The Labute approximate surface area is 92.7 Å². The van der Waals surface area contributed by atoms with Gasteiger partial charge in [-0.2, -0.15) is 5.10 Å². The fraction of sp³-hybridized carbons (Fsp3) is 0. The molecule has 2 aromatic rings. The molecule has 1 heterocycles. The van der Waals surface area contributed by atoms with Gasteiger partial charge in [-0.25, -0.2) is 0 Å². The van der Waals surface area contributed by atoms with Crippen LogP contribution in [0.2, 0.25) is 5.02 Å². The van der Waals surface area contributed by atoms with Gasteiger partial charge in [0.05, 0.1) is 16.7 Å². The van der Waals surface area contributed by atoms with Crippen molar-refractivity contribution in [2.75, 3.05) is 0 Å². The second-order valence-corrected chi connectivity index (χ2v) is 2.48. The second kappa shape index (κ2) is 3.59. The number of fused-ring (bicyclic) bond motifs is 1. The first-order chi connectivity index (χ1) is 4.88. The molecule has 0 saturated carbocycles. The van der Waals surface area contributed by atoms with E-state index in [1.54, 1.807) is 6.20 Å². The molecule has 4 heteroatoms. The number of hydrogen-bond donors (Lipinski definition) is 1. The Morgan fingerprint density at radius 3 is 3.00 bits per heavy atom. The molecule has 0 fully saturated rings. The minimum atomic E-state index is 0. The molecule has 1 aromatic carbocycles. The molecule has 2 nitrogen and oxygen atoms in total. The molecule has 52 valence electrons. The molecule has 1 N–H and O–H groups in total. The van der Waals surface area contributed by atoms with Crippen LogP contribution in [0.1, 0.15) is 1.43 Å². The van der Waals surface area contributed by atoms with Gasteiger partial charge < -0.3 is 1.43 Å². The molecule has 0 aliphatic heterocycles. The van der Waals surface area contributed by atoms with Gasteiger partial charge in [0.1, 0.15) is 0 Å². The van der Waals surface area contributed by atoms with Gasteiger partial charge in [0.25, 0.3) is 0 Å². The summed E-state index contributed by atoms with van der Waals surface area (Å²) in [6.07, 6.45) is 1.72. The zero-order chi connectivity index (χ0) is 6.97. The number of nitrogens with zero attached hydrogens (tertiary/aromatic N) is 1. The first kappa shape index (κ1) is 9.07. The molecule has 0 radical (unpaired) electrons. The Hall–Kier alpha value is -0.0200. The first-order valence-corrected chi connectivity index (χ1v) is 3.33. The van der Waals surface area contributed by atoms with Crippen molar-refractivity contribution >= 4 is 22.5 Å². The number of benzene rings is 1. The van der Waals surface area contributed by atoms with Gasteiger partial charge in [-0.05, 0) is 12.1 Å². The van der Waals surface area contributed by atoms with E-state index in [-0.39, 0.29) is 31.0 Å². The summed E-state index contributed by atoms with van der Waals surface area (Å²) >= 11 is 5.84. The number of hydrogen-bond acceptors (Lipinski definition) is 1. The number of halogens is 1. The van der Waals surface area contributed by atoms with E-state index in [4.69, 9.17) is 11.6 Å². The molecule has 0 bridgehead atoms. The Morgan fingerprint density at radius 2 is 2.27 bits per heavy atom. The third-order valence-corrected chi connectivity index (χ3v) is 1.76. The average molecular weight is 177 g/mol. The SMILES string of the molecule is Clc1cccc2[nH]ncc12.[H-].[Na+]. The van der Waals surface area contributed by atoms with E-state index in [2.05, 4.69) is 10.2 Å². The van der Waals surface area contributed by atoms with Crippen molar-refractivity contribution in [2.45, 2.75) is 0 Å². The molecule has 0 aliphatic rings. The summed E-state index contributed by atoms with van der Waals surface area (Å²) in [5.41, 5.74) is 0.979. The first-order valence-electron chi connectivity index (χ1n) is 2.95. The summed E-state index contributed by atoms with van der Waals surface area (Å²) in [5, 5.41) is 8.40. The minimum Gasteiger partial charge on any atom is -1.00 e. The summed E-state index contributed by atoms with van der Waals surface area (Å²) in [5.74, 6) is 0. The van der Waals surface area contributed by atoms with Crippen molar-refractivity contribution < 1.29 is 31.0 Å². The van der Waals surface area contributed by atoms with Crippen molar-refractivity contribution in [1.29, 1.82) is 0 Å². The van der Waals surface area contributed by atoms with Gasteiger partial charge in [-0.15, -0.1) is 0 Å². The Morgan fingerprint density at radius 1 is 1.45 bits per heavy atom. The fourth-order valence-electron chi connectivity index (χ4n) is 0.932. The van der Waals surface area contributed by atoms with E-state index in [9.17, 15) is 0 Å². The van der Waals surface area contributed by atoms with Crippen LogP contribution in [0.5, 0.6) is 0 Å². The van der Waals surface area contributed by atoms with Crippen LogP contribution in [0.4, 0.5) is 0 Å². The van der Waals surface area contributed by atoms with E-state index < -0.39 is 0 Å². The maximum absolute atomic E-state index is 5.84. The van der Waals surface area contributed by atoms with Gasteiger partial charge in [0, 0.05) is 5.39 Å². The van der Waals surface area contributed by atoms with Crippen LogP contribution in [-0.2, 0) is 0 Å². The molecule has 0 spiro atoms. The normalized spacial score (nSPS) is 9.55. The number of H-pyrrole nitrogens is 1. The largest absolute Gasteiger partial charge is 1.00 e. The van der Waals surface area contributed by atoms with Crippen LogP contribution >= 0.6 is 11.6 Å². The van der Waals surface area contributed by atoms with Gasteiger partial charge in [-0.3, -0.25) is 5.10 Å². The standard InChI is InChI=1S/C7H5ClN2.Na.H/c8-6-2-1-3-7-5(6)4-9-10-7;;/h1-4H,(H,9,10);;/q;+1;-1.